The Balaban J connectivity index is 3.50. The summed E-state index contributed by atoms with van der Waals surface area (Å²) in [5.41, 5.74) is -0.235. The highest BCUT2D eigenvalue weighted by Crippen LogP contribution is 1.97. The zero-order chi connectivity index (χ0) is 14.0. The summed E-state index contributed by atoms with van der Waals surface area (Å²) in [6, 6.07) is 0. The number of hydrogen-bond donors (Lipinski definition) is 3. The molecule has 0 radical (unpaired) electrons. The van der Waals surface area contributed by atoms with Gasteiger partial charge in [0.25, 0.3) is 0 Å². The lowest BCUT2D eigenvalue weighted by Crippen LogP contribution is -2.46. The lowest BCUT2D eigenvalue weighted by Gasteiger charge is -2.21. The molecule has 0 fully saturated rings. The Morgan fingerprint density at radius 2 is 2.00 bits per heavy atom. The summed E-state index contributed by atoms with van der Waals surface area (Å²) in [5.74, 6) is -0.0880. The predicted octanol–water partition coefficient (Wildman–Crippen LogP) is -0.485. The predicted molar refractivity (Wildman–Crippen MR) is 69.5 cm³/mol. The van der Waals surface area contributed by atoms with Crippen LogP contribution in [0.25, 0.3) is 0 Å². The van der Waals surface area contributed by atoms with Crippen molar-refractivity contribution in [1.82, 2.24) is 10.6 Å². The van der Waals surface area contributed by atoms with Gasteiger partial charge in [-0.15, -0.1) is 0 Å². The van der Waals surface area contributed by atoms with Gasteiger partial charge in [0.15, 0.2) is 0 Å². The molecule has 18 heavy (non-hydrogen) atoms. The monoisotopic (exact) mass is 262 g/mol. The number of nitrogens with one attached hydrogen (secondary N) is 2. The number of aliphatic hydroxyl groups excluding tert-OH is 1. The molecule has 0 aliphatic heterocycles. The first-order chi connectivity index (χ1) is 8.35. The highest BCUT2D eigenvalue weighted by molar-refractivity contribution is 5.78. The van der Waals surface area contributed by atoms with E-state index in [1.807, 2.05) is 20.8 Å². The summed E-state index contributed by atoms with van der Waals surface area (Å²) in [4.78, 5) is 11.4. The van der Waals surface area contributed by atoms with Crippen molar-refractivity contribution in [2.24, 2.45) is 0 Å². The minimum absolute atomic E-state index is 0.0880. The Hall–Kier alpha value is -0.690. The van der Waals surface area contributed by atoms with Crippen molar-refractivity contribution in [2.75, 3.05) is 40.0 Å². The van der Waals surface area contributed by atoms with Crippen LogP contribution in [0.2, 0.25) is 0 Å². The largest absolute Gasteiger partial charge is 0.389 e. The summed E-state index contributed by atoms with van der Waals surface area (Å²) < 4.78 is 9.97. The SMILES string of the molecule is COCCOCC(O)CNCC(=O)NC(C)(C)C. The molecule has 6 nitrogen and oxygen atoms in total. The van der Waals surface area contributed by atoms with Gasteiger partial charge in [0, 0.05) is 19.2 Å². The fourth-order valence-corrected chi connectivity index (χ4v) is 1.24. The van der Waals surface area contributed by atoms with E-state index in [0.717, 1.165) is 0 Å². The Labute approximate surface area is 109 Å². The van der Waals surface area contributed by atoms with Gasteiger partial charge >= 0.3 is 0 Å². The number of methoxy groups -OCH3 is 1. The van der Waals surface area contributed by atoms with Gasteiger partial charge in [-0.05, 0) is 20.8 Å². The second-order valence-corrected chi connectivity index (χ2v) is 5.15. The van der Waals surface area contributed by atoms with E-state index in [1.54, 1.807) is 7.11 Å². The van der Waals surface area contributed by atoms with Crippen molar-refractivity contribution in [2.45, 2.75) is 32.4 Å². The molecule has 1 atom stereocenters. The Morgan fingerprint density at radius 1 is 1.33 bits per heavy atom. The van der Waals surface area contributed by atoms with Crippen molar-refractivity contribution in [3.05, 3.63) is 0 Å². The van der Waals surface area contributed by atoms with Gasteiger partial charge in [-0.3, -0.25) is 4.79 Å². The maximum absolute atomic E-state index is 11.4. The number of ether oxygens (including phenoxy) is 2. The summed E-state index contributed by atoms with van der Waals surface area (Å²) in [6.45, 7) is 7.47. The summed E-state index contributed by atoms with van der Waals surface area (Å²) in [7, 11) is 1.59. The second kappa shape index (κ2) is 9.27. The maximum atomic E-state index is 11.4. The first-order valence-corrected chi connectivity index (χ1v) is 6.11. The number of carbonyl (C=O) groups excluding carboxylic acids is 1. The minimum atomic E-state index is -0.621. The van der Waals surface area contributed by atoms with Crippen LogP contribution in [0.5, 0.6) is 0 Å². The molecule has 0 aromatic rings. The fourth-order valence-electron chi connectivity index (χ4n) is 1.24. The summed E-state index contributed by atoms with van der Waals surface area (Å²) in [5, 5.41) is 15.2. The van der Waals surface area contributed by atoms with Crippen molar-refractivity contribution < 1.29 is 19.4 Å². The normalized spacial score (nSPS) is 13.4. The quantitative estimate of drug-likeness (QED) is 0.489. The lowest BCUT2D eigenvalue weighted by molar-refractivity contribution is -0.121. The second-order valence-electron chi connectivity index (χ2n) is 5.15. The van der Waals surface area contributed by atoms with Crippen LogP contribution in [0.15, 0.2) is 0 Å². The van der Waals surface area contributed by atoms with Gasteiger partial charge in [-0.25, -0.2) is 0 Å². The molecule has 108 valence electrons. The summed E-state index contributed by atoms with van der Waals surface area (Å²) in [6.07, 6.45) is -0.621. The van der Waals surface area contributed by atoms with Gasteiger partial charge in [-0.2, -0.15) is 0 Å². The van der Waals surface area contributed by atoms with E-state index in [0.29, 0.717) is 19.8 Å². The molecule has 3 N–H and O–H groups in total. The molecule has 0 saturated carbocycles. The Bertz CT molecular complexity index is 229. The zero-order valence-corrected chi connectivity index (χ0v) is 11.8. The Kier molecular flexibility index (Phi) is 8.91. The third kappa shape index (κ3) is 11.8. The van der Waals surface area contributed by atoms with Crippen molar-refractivity contribution in [3.63, 3.8) is 0 Å². The van der Waals surface area contributed by atoms with Crippen molar-refractivity contribution >= 4 is 5.91 Å². The van der Waals surface area contributed by atoms with Crippen LogP contribution in [0.1, 0.15) is 20.8 Å². The standard InChI is InChI=1S/C12H26N2O4/c1-12(2,3)14-11(16)8-13-7-10(15)9-18-6-5-17-4/h10,13,15H,5-9H2,1-4H3,(H,14,16). The first-order valence-electron chi connectivity index (χ1n) is 6.11. The smallest absolute Gasteiger partial charge is 0.234 e. The van der Waals surface area contributed by atoms with E-state index in [4.69, 9.17) is 9.47 Å². The molecular weight excluding hydrogens is 236 g/mol. The van der Waals surface area contributed by atoms with Crippen molar-refractivity contribution in [3.8, 4) is 0 Å². The third-order valence-corrected chi connectivity index (χ3v) is 1.92. The molecule has 0 aliphatic carbocycles. The van der Waals surface area contributed by atoms with E-state index in [-0.39, 0.29) is 24.6 Å². The van der Waals surface area contributed by atoms with Crippen LogP contribution in [0, 0.1) is 0 Å². The van der Waals surface area contributed by atoms with Crippen LogP contribution < -0.4 is 10.6 Å². The van der Waals surface area contributed by atoms with E-state index in [9.17, 15) is 9.90 Å². The average molecular weight is 262 g/mol. The summed E-state index contributed by atoms with van der Waals surface area (Å²) >= 11 is 0. The maximum Gasteiger partial charge on any atom is 0.234 e. The van der Waals surface area contributed by atoms with E-state index in [2.05, 4.69) is 10.6 Å². The van der Waals surface area contributed by atoms with Crippen LogP contribution in [-0.2, 0) is 14.3 Å². The lowest BCUT2D eigenvalue weighted by atomic mass is 10.1. The molecule has 0 saturated heterocycles. The van der Waals surface area contributed by atoms with Gasteiger partial charge < -0.3 is 25.2 Å². The molecule has 0 aliphatic rings. The van der Waals surface area contributed by atoms with Crippen LogP contribution in [-0.4, -0.2) is 62.7 Å². The number of hydrogen-bond acceptors (Lipinski definition) is 5. The highest BCUT2D eigenvalue weighted by Gasteiger charge is 2.13. The number of amides is 1. The zero-order valence-electron chi connectivity index (χ0n) is 11.8. The molecular formula is C12H26N2O4. The molecule has 0 rings (SSSR count). The van der Waals surface area contributed by atoms with Gasteiger partial charge in [0.05, 0.1) is 32.5 Å². The average Bonchev–Trinajstić information content (AvgIpc) is 2.22. The number of rotatable bonds is 9. The van der Waals surface area contributed by atoms with Crippen LogP contribution in [0.3, 0.4) is 0 Å². The molecule has 0 bridgehead atoms. The molecule has 0 aromatic carbocycles. The fraction of sp³-hybridized carbons (Fsp3) is 0.917. The van der Waals surface area contributed by atoms with Gasteiger partial charge in [0.1, 0.15) is 0 Å². The number of aliphatic hydroxyl groups is 1. The van der Waals surface area contributed by atoms with Crippen molar-refractivity contribution in [1.29, 1.82) is 0 Å². The van der Waals surface area contributed by atoms with E-state index >= 15 is 0 Å². The number of carbonyl (C=O) groups is 1. The van der Waals surface area contributed by atoms with Crippen LogP contribution in [0.4, 0.5) is 0 Å². The molecule has 1 amide bonds. The third-order valence-electron chi connectivity index (χ3n) is 1.92. The molecule has 6 heteroatoms. The van der Waals surface area contributed by atoms with E-state index in [1.165, 1.54) is 0 Å². The van der Waals surface area contributed by atoms with Crippen LogP contribution >= 0.6 is 0 Å². The molecule has 1 unspecified atom stereocenters. The molecule has 0 heterocycles. The van der Waals surface area contributed by atoms with Gasteiger partial charge in [0.2, 0.25) is 5.91 Å². The Morgan fingerprint density at radius 3 is 2.56 bits per heavy atom. The first kappa shape index (κ1) is 17.3. The minimum Gasteiger partial charge on any atom is -0.389 e. The highest BCUT2D eigenvalue weighted by atomic mass is 16.5. The topological polar surface area (TPSA) is 79.8 Å². The molecule has 0 spiro atoms. The van der Waals surface area contributed by atoms with Gasteiger partial charge in [-0.1, -0.05) is 0 Å². The molecule has 0 aromatic heterocycles. The van der Waals surface area contributed by atoms with E-state index < -0.39 is 6.10 Å².